The van der Waals surface area contributed by atoms with E-state index in [4.69, 9.17) is 9.84 Å². The fraction of sp³-hybridized carbons (Fsp3) is 0.308. The number of rotatable bonds is 4. The average molecular weight is 232 g/mol. The lowest BCUT2D eigenvalue weighted by molar-refractivity contribution is 0.275. The third-order valence-corrected chi connectivity index (χ3v) is 2.55. The highest BCUT2D eigenvalue weighted by atomic mass is 16.5. The van der Waals surface area contributed by atoms with Crippen molar-refractivity contribution in [2.75, 3.05) is 6.61 Å². The van der Waals surface area contributed by atoms with Gasteiger partial charge in [0.2, 0.25) is 0 Å². The average Bonchev–Trinajstić information content (AvgIpc) is 2.72. The number of ether oxygens (including phenoxy) is 1. The van der Waals surface area contributed by atoms with Crippen molar-refractivity contribution in [2.45, 2.75) is 13.5 Å². The predicted molar refractivity (Wildman–Crippen MR) is 65.7 cm³/mol. The van der Waals surface area contributed by atoms with Crippen LogP contribution in [0.5, 0.6) is 5.75 Å². The first kappa shape index (κ1) is 11.7. The van der Waals surface area contributed by atoms with Gasteiger partial charge in [-0.2, -0.15) is 5.10 Å². The van der Waals surface area contributed by atoms with Gasteiger partial charge in [-0.25, -0.2) is 0 Å². The summed E-state index contributed by atoms with van der Waals surface area (Å²) in [5.41, 5.74) is 2.72. The van der Waals surface area contributed by atoms with Crippen LogP contribution in [0.2, 0.25) is 0 Å². The summed E-state index contributed by atoms with van der Waals surface area (Å²) in [5, 5.41) is 13.2. The maximum atomic E-state index is 9.04. The van der Waals surface area contributed by atoms with Crippen LogP contribution in [0.4, 0.5) is 0 Å². The van der Waals surface area contributed by atoms with Crippen LogP contribution < -0.4 is 4.74 Å². The summed E-state index contributed by atoms with van der Waals surface area (Å²) in [6, 6.07) is 9.73. The van der Waals surface area contributed by atoms with Crippen molar-refractivity contribution in [3.63, 3.8) is 0 Å². The highest BCUT2D eigenvalue weighted by Gasteiger charge is 2.06. The van der Waals surface area contributed by atoms with Gasteiger partial charge in [0.25, 0.3) is 0 Å². The first-order chi connectivity index (χ1) is 8.24. The number of hydrogen-bond donors (Lipinski definition) is 1. The first-order valence-corrected chi connectivity index (χ1v) is 5.61. The molecule has 4 heteroatoms. The van der Waals surface area contributed by atoms with E-state index in [1.807, 2.05) is 44.3 Å². The van der Waals surface area contributed by atoms with Crippen LogP contribution >= 0.6 is 0 Å². The molecule has 0 aliphatic carbocycles. The Morgan fingerprint density at radius 1 is 1.29 bits per heavy atom. The molecule has 0 unspecified atom stereocenters. The Morgan fingerprint density at radius 3 is 2.53 bits per heavy atom. The number of benzene rings is 1. The molecule has 0 radical (unpaired) electrons. The number of aliphatic hydroxyl groups excluding tert-OH is 1. The van der Waals surface area contributed by atoms with Crippen LogP contribution in [0.3, 0.4) is 0 Å². The summed E-state index contributed by atoms with van der Waals surface area (Å²) in [7, 11) is 1.87. The van der Waals surface area contributed by atoms with Crippen molar-refractivity contribution in [1.82, 2.24) is 9.78 Å². The van der Waals surface area contributed by atoms with Crippen LogP contribution in [0.1, 0.15) is 12.6 Å². The molecule has 1 aromatic carbocycles. The van der Waals surface area contributed by atoms with E-state index in [2.05, 4.69) is 5.10 Å². The summed E-state index contributed by atoms with van der Waals surface area (Å²) in [4.78, 5) is 0. The summed E-state index contributed by atoms with van der Waals surface area (Å²) >= 11 is 0. The van der Waals surface area contributed by atoms with Gasteiger partial charge < -0.3 is 9.84 Å². The number of aromatic nitrogens is 2. The monoisotopic (exact) mass is 232 g/mol. The van der Waals surface area contributed by atoms with Gasteiger partial charge in [0.15, 0.2) is 0 Å². The molecule has 0 fully saturated rings. The molecule has 4 nitrogen and oxygen atoms in total. The SMILES string of the molecule is CCOc1ccc(-c2cc(CO)nn2C)cc1. The lowest BCUT2D eigenvalue weighted by atomic mass is 10.1. The van der Waals surface area contributed by atoms with Crippen molar-refractivity contribution in [3.05, 3.63) is 36.0 Å². The van der Waals surface area contributed by atoms with Crippen molar-refractivity contribution in [3.8, 4) is 17.0 Å². The van der Waals surface area contributed by atoms with Crippen LogP contribution in [0.25, 0.3) is 11.3 Å². The highest BCUT2D eigenvalue weighted by Crippen LogP contribution is 2.22. The second kappa shape index (κ2) is 5.01. The van der Waals surface area contributed by atoms with Gasteiger partial charge in [0.1, 0.15) is 5.75 Å². The zero-order valence-corrected chi connectivity index (χ0v) is 10.1. The van der Waals surface area contributed by atoms with Gasteiger partial charge in [0, 0.05) is 12.6 Å². The van der Waals surface area contributed by atoms with E-state index in [-0.39, 0.29) is 6.61 Å². The van der Waals surface area contributed by atoms with Crippen LogP contribution in [-0.4, -0.2) is 21.5 Å². The molecule has 2 aromatic rings. The van der Waals surface area contributed by atoms with E-state index in [1.165, 1.54) is 0 Å². The van der Waals surface area contributed by atoms with E-state index in [1.54, 1.807) is 4.68 Å². The van der Waals surface area contributed by atoms with Crippen molar-refractivity contribution >= 4 is 0 Å². The molecule has 0 saturated heterocycles. The van der Waals surface area contributed by atoms with Crippen molar-refractivity contribution < 1.29 is 9.84 Å². The minimum atomic E-state index is -0.0368. The predicted octanol–water partition coefficient (Wildman–Crippen LogP) is 1.98. The Kier molecular flexibility index (Phi) is 3.44. The van der Waals surface area contributed by atoms with Crippen molar-refractivity contribution in [2.24, 2.45) is 7.05 Å². The number of aryl methyl sites for hydroxylation is 1. The van der Waals surface area contributed by atoms with Gasteiger partial charge in [-0.05, 0) is 37.3 Å². The maximum absolute atomic E-state index is 9.04. The van der Waals surface area contributed by atoms with Crippen molar-refractivity contribution in [1.29, 1.82) is 0 Å². The second-order valence-electron chi connectivity index (χ2n) is 3.76. The summed E-state index contributed by atoms with van der Waals surface area (Å²) in [6.45, 7) is 2.59. The van der Waals surface area contributed by atoms with E-state index < -0.39 is 0 Å². The molecule has 1 aromatic heterocycles. The molecule has 17 heavy (non-hydrogen) atoms. The zero-order chi connectivity index (χ0) is 12.3. The Hall–Kier alpha value is -1.81. The van der Waals surface area contributed by atoms with Gasteiger partial charge in [-0.15, -0.1) is 0 Å². The molecule has 0 aliphatic rings. The summed E-state index contributed by atoms with van der Waals surface area (Å²) < 4.78 is 7.16. The first-order valence-electron chi connectivity index (χ1n) is 5.61. The summed E-state index contributed by atoms with van der Waals surface area (Å²) in [5.74, 6) is 0.862. The minimum absolute atomic E-state index is 0.0368. The lowest BCUT2D eigenvalue weighted by Gasteiger charge is -2.05. The fourth-order valence-corrected chi connectivity index (χ4v) is 1.76. The number of aliphatic hydroxyl groups is 1. The highest BCUT2D eigenvalue weighted by molar-refractivity contribution is 5.60. The van der Waals surface area contributed by atoms with E-state index in [0.29, 0.717) is 12.3 Å². The van der Waals surface area contributed by atoms with Gasteiger partial charge >= 0.3 is 0 Å². The van der Waals surface area contributed by atoms with Crippen LogP contribution in [0.15, 0.2) is 30.3 Å². The van der Waals surface area contributed by atoms with E-state index in [9.17, 15) is 0 Å². The fourth-order valence-electron chi connectivity index (χ4n) is 1.76. The number of nitrogens with zero attached hydrogens (tertiary/aromatic N) is 2. The molecule has 1 N–H and O–H groups in total. The Morgan fingerprint density at radius 2 is 2.00 bits per heavy atom. The normalized spacial score (nSPS) is 10.5. The molecular formula is C13H16N2O2. The Balaban J connectivity index is 2.29. The Labute approximate surface area is 100 Å². The van der Waals surface area contributed by atoms with Gasteiger partial charge in [0.05, 0.1) is 24.6 Å². The van der Waals surface area contributed by atoms with Gasteiger partial charge in [-0.3, -0.25) is 4.68 Å². The Bertz CT molecular complexity index is 489. The molecular weight excluding hydrogens is 216 g/mol. The second-order valence-corrected chi connectivity index (χ2v) is 3.76. The molecule has 0 spiro atoms. The standard InChI is InChI=1S/C13H16N2O2/c1-3-17-12-6-4-10(5-7-12)13-8-11(9-16)14-15(13)2/h4-8,16H,3,9H2,1-2H3. The molecule has 0 aliphatic heterocycles. The molecule has 1 heterocycles. The third-order valence-electron chi connectivity index (χ3n) is 2.55. The molecule has 0 atom stereocenters. The van der Waals surface area contributed by atoms with Gasteiger partial charge in [-0.1, -0.05) is 0 Å². The molecule has 90 valence electrons. The molecule has 0 saturated carbocycles. The summed E-state index contributed by atoms with van der Waals surface area (Å²) in [6.07, 6.45) is 0. The lowest BCUT2D eigenvalue weighted by Crippen LogP contribution is -1.95. The minimum Gasteiger partial charge on any atom is -0.494 e. The van der Waals surface area contributed by atoms with Crippen LogP contribution in [0, 0.1) is 0 Å². The quantitative estimate of drug-likeness (QED) is 0.876. The third kappa shape index (κ3) is 2.47. The zero-order valence-electron chi connectivity index (χ0n) is 10.1. The van der Waals surface area contributed by atoms with E-state index in [0.717, 1.165) is 17.0 Å². The number of hydrogen-bond acceptors (Lipinski definition) is 3. The smallest absolute Gasteiger partial charge is 0.119 e. The molecule has 2 rings (SSSR count). The van der Waals surface area contributed by atoms with E-state index >= 15 is 0 Å². The largest absolute Gasteiger partial charge is 0.494 e. The topological polar surface area (TPSA) is 47.3 Å². The van der Waals surface area contributed by atoms with Crippen LogP contribution in [-0.2, 0) is 13.7 Å². The molecule has 0 bridgehead atoms. The maximum Gasteiger partial charge on any atom is 0.119 e. The molecule has 0 amide bonds.